The van der Waals surface area contributed by atoms with E-state index in [1.54, 1.807) is 36.4 Å². The normalized spacial score (nSPS) is 16.6. The molecule has 0 aromatic heterocycles. The number of carbonyl (C=O) groups excluding carboxylic acids is 1. The summed E-state index contributed by atoms with van der Waals surface area (Å²) in [5, 5.41) is 6.13. The molecule has 1 atom stereocenters. The first-order valence-corrected chi connectivity index (χ1v) is 8.25. The zero-order chi connectivity index (χ0) is 16.8. The number of benzene rings is 2. The van der Waals surface area contributed by atoms with E-state index in [0.717, 1.165) is 25.2 Å². The van der Waals surface area contributed by atoms with Crippen LogP contribution in [0.3, 0.4) is 0 Å². The molecule has 0 unspecified atom stereocenters. The molecule has 1 saturated heterocycles. The van der Waals surface area contributed by atoms with Crippen LogP contribution in [0, 0.1) is 0 Å². The second-order valence-corrected chi connectivity index (χ2v) is 5.99. The van der Waals surface area contributed by atoms with Crippen molar-refractivity contribution in [3.63, 3.8) is 0 Å². The number of anilines is 2. The van der Waals surface area contributed by atoms with Crippen LogP contribution in [0.1, 0.15) is 12.8 Å². The van der Waals surface area contributed by atoms with Crippen molar-refractivity contribution in [2.45, 2.75) is 18.9 Å². The van der Waals surface area contributed by atoms with Crippen molar-refractivity contribution in [2.75, 3.05) is 23.8 Å². The lowest BCUT2D eigenvalue weighted by molar-refractivity contribution is 0.0679. The minimum absolute atomic E-state index is 0.188. The summed E-state index contributed by atoms with van der Waals surface area (Å²) in [6.07, 6.45) is 2.33. The lowest BCUT2D eigenvalue weighted by Gasteiger charge is -2.12. The Labute approximate surface area is 145 Å². The van der Waals surface area contributed by atoms with E-state index in [4.69, 9.17) is 21.1 Å². The van der Waals surface area contributed by atoms with Gasteiger partial charge in [-0.1, -0.05) is 11.6 Å². The maximum Gasteiger partial charge on any atom is 0.323 e. The van der Waals surface area contributed by atoms with Crippen LogP contribution >= 0.6 is 11.6 Å². The summed E-state index contributed by atoms with van der Waals surface area (Å²) >= 11 is 5.81. The third-order valence-corrected chi connectivity index (χ3v) is 3.93. The van der Waals surface area contributed by atoms with Crippen LogP contribution < -0.4 is 15.4 Å². The number of urea groups is 1. The molecule has 2 aromatic carbocycles. The first kappa shape index (κ1) is 16.6. The molecule has 2 aromatic rings. The van der Waals surface area contributed by atoms with Gasteiger partial charge >= 0.3 is 6.03 Å². The number of carbonyl (C=O) groups is 1. The number of halogens is 1. The molecule has 1 fully saturated rings. The molecule has 0 saturated carbocycles. The van der Waals surface area contributed by atoms with Crippen molar-refractivity contribution in [2.24, 2.45) is 0 Å². The van der Waals surface area contributed by atoms with E-state index >= 15 is 0 Å². The Kier molecular flexibility index (Phi) is 5.56. The molecule has 24 heavy (non-hydrogen) atoms. The quantitative estimate of drug-likeness (QED) is 0.835. The van der Waals surface area contributed by atoms with Gasteiger partial charge in [-0.3, -0.25) is 0 Å². The van der Waals surface area contributed by atoms with E-state index in [0.29, 0.717) is 23.0 Å². The molecule has 1 aliphatic heterocycles. The van der Waals surface area contributed by atoms with Gasteiger partial charge in [0.15, 0.2) is 0 Å². The monoisotopic (exact) mass is 346 g/mol. The van der Waals surface area contributed by atoms with Gasteiger partial charge in [-0.25, -0.2) is 4.79 Å². The van der Waals surface area contributed by atoms with E-state index in [2.05, 4.69) is 10.6 Å². The third-order valence-electron chi connectivity index (χ3n) is 3.67. The Bertz CT molecular complexity index is 668. The lowest BCUT2D eigenvalue weighted by atomic mass is 10.2. The molecule has 6 heteroatoms. The molecule has 0 radical (unpaired) electrons. The van der Waals surface area contributed by atoms with Crippen LogP contribution in [-0.2, 0) is 4.74 Å². The molecular formula is C18H19ClN2O3. The summed E-state index contributed by atoms with van der Waals surface area (Å²) in [4.78, 5) is 11.9. The topological polar surface area (TPSA) is 59.6 Å². The first-order chi connectivity index (χ1) is 11.7. The Morgan fingerprint density at radius 3 is 2.29 bits per heavy atom. The summed E-state index contributed by atoms with van der Waals surface area (Å²) in [7, 11) is 0. The molecule has 5 nitrogen and oxygen atoms in total. The second kappa shape index (κ2) is 8.04. The van der Waals surface area contributed by atoms with Crippen molar-refractivity contribution in [1.82, 2.24) is 0 Å². The van der Waals surface area contributed by atoms with Gasteiger partial charge in [-0.2, -0.15) is 0 Å². The summed E-state index contributed by atoms with van der Waals surface area (Å²) in [6, 6.07) is 13.9. The van der Waals surface area contributed by atoms with Crippen molar-refractivity contribution in [3.05, 3.63) is 53.6 Å². The Morgan fingerprint density at radius 1 is 1.08 bits per heavy atom. The largest absolute Gasteiger partial charge is 0.491 e. The summed E-state index contributed by atoms with van der Waals surface area (Å²) < 4.78 is 11.2. The highest BCUT2D eigenvalue weighted by Crippen LogP contribution is 2.19. The van der Waals surface area contributed by atoms with Crippen LogP contribution in [0.4, 0.5) is 16.2 Å². The summed E-state index contributed by atoms with van der Waals surface area (Å²) in [5.74, 6) is 0.758. The van der Waals surface area contributed by atoms with Crippen molar-refractivity contribution in [3.8, 4) is 5.75 Å². The third kappa shape index (κ3) is 4.88. The highest BCUT2D eigenvalue weighted by molar-refractivity contribution is 6.30. The van der Waals surface area contributed by atoms with Crippen molar-refractivity contribution in [1.29, 1.82) is 0 Å². The van der Waals surface area contributed by atoms with Crippen LogP contribution in [-0.4, -0.2) is 25.3 Å². The molecule has 2 amide bonds. The van der Waals surface area contributed by atoms with Gasteiger partial charge in [0.2, 0.25) is 0 Å². The van der Waals surface area contributed by atoms with Gasteiger partial charge in [0.25, 0.3) is 0 Å². The number of amides is 2. The Hall–Kier alpha value is -2.24. The van der Waals surface area contributed by atoms with Gasteiger partial charge < -0.3 is 20.1 Å². The van der Waals surface area contributed by atoms with Gasteiger partial charge in [0, 0.05) is 23.0 Å². The highest BCUT2D eigenvalue weighted by Gasteiger charge is 2.15. The minimum Gasteiger partial charge on any atom is -0.491 e. The lowest BCUT2D eigenvalue weighted by Crippen LogP contribution is -2.19. The fourth-order valence-electron chi connectivity index (χ4n) is 2.43. The molecular weight excluding hydrogens is 328 g/mol. The molecule has 0 aliphatic carbocycles. The van der Waals surface area contributed by atoms with Crippen molar-refractivity contribution < 1.29 is 14.3 Å². The van der Waals surface area contributed by atoms with Crippen LogP contribution in [0.15, 0.2) is 48.5 Å². The molecule has 1 aliphatic rings. The minimum atomic E-state index is -0.314. The average molecular weight is 347 g/mol. The second-order valence-electron chi connectivity index (χ2n) is 5.56. The Morgan fingerprint density at radius 2 is 1.71 bits per heavy atom. The molecule has 0 spiro atoms. The van der Waals surface area contributed by atoms with Gasteiger partial charge in [0.1, 0.15) is 12.4 Å². The van der Waals surface area contributed by atoms with E-state index in [-0.39, 0.29) is 12.1 Å². The predicted molar refractivity (Wildman–Crippen MR) is 95.0 cm³/mol. The van der Waals surface area contributed by atoms with Crippen LogP contribution in [0.5, 0.6) is 5.75 Å². The van der Waals surface area contributed by atoms with Crippen molar-refractivity contribution >= 4 is 29.0 Å². The molecule has 2 N–H and O–H groups in total. The van der Waals surface area contributed by atoms with Gasteiger partial charge in [-0.05, 0) is 61.4 Å². The van der Waals surface area contributed by atoms with Crippen LogP contribution in [0.25, 0.3) is 0 Å². The maximum absolute atomic E-state index is 11.9. The zero-order valence-electron chi connectivity index (χ0n) is 13.1. The van der Waals surface area contributed by atoms with Crippen LogP contribution in [0.2, 0.25) is 5.02 Å². The van der Waals surface area contributed by atoms with E-state index in [9.17, 15) is 4.79 Å². The number of rotatable bonds is 5. The summed E-state index contributed by atoms with van der Waals surface area (Å²) in [6.45, 7) is 1.38. The molecule has 3 rings (SSSR count). The molecule has 0 bridgehead atoms. The fraction of sp³-hybridized carbons (Fsp3) is 0.278. The van der Waals surface area contributed by atoms with E-state index < -0.39 is 0 Å². The predicted octanol–water partition coefficient (Wildman–Crippen LogP) is 4.54. The van der Waals surface area contributed by atoms with E-state index in [1.807, 2.05) is 12.1 Å². The first-order valence-electron chi connectivity index (χ1n) is 7.87. The van der Waals surface area contributed by atoms with Gasteiger partial charge in [0.05, 0.1) is 6.10 Å². The van der Waals surface area contributed by atoms with Gasteiger partial charge in [-0.15, -0.1) is 0 Å². The highest BCUT2D eigenvalue weighted by atomic mass is 35.5. The fourth-order valence-corrected chi connectivity index (χ4v) is 2.55. The maximum atomic E-state index is 11.9. The number of nitrogens with one attached hydrogen (secondary N) is 2. The number of ether oxygens (including phenoxy) is 2. The molecule has 1 heterocycles. The van der Waals surface area contributed by atoms with E-state index in [1.165, 1.54) is 0 Å². The average Bonchev–Trinajstić information content (AvgIpc) is 3.10. The SMILES string of the molecule is O=C(Nc1ccc(Cl)cc1)Nc1ccc(OC[C@H]2CCCO2)cc1. The molecule has 126 valence electrons. The Balaban J connectivity index is 1.47. The summed E-state index contributed by atoms with van der Waals surface area (Å²) in [5.41, 5.74) is 1.36. The number of hydrogen-bond acceptors (Lipinski definition) is 3. The number of hydrogen-bond donors (Lipinski definition) is 2. The zero-order valence-corrected chi connectivity index (χ0v) is 13.9. The smallest absolute Gasteiger partial charge is 0.323 e. The standard InChI is InChI=1S/C18H19ClN2O3/c19-13-3-5-14(6-4-13)20-18(22)21-15-7-9-16(10-8-15)24-12-17-2-1-11-23-17/h3-10,17H,1-2,11-12H2,(H2,20,21,22)/t17-/m1/s1.